The van der Waals surface area contributed by atoms with Crippen LogP contribution in [0.5, 0.6) is 0 Å². The smallest absolute Gasteiger partial charge is 0.245 e. The van der Waals surface area contributed by atoms with Gasteiger partial charge in [0, 0.05) is 25.6 Å². The summed E-state index contributed by atoms with van der Waals surface area (Å²) in [5.74, 6) is -1.16. The van der Waals surface area contributed by atoms with E-state index in [1.165, 1.54) is 33.8 Å². The fourth-order valence-electron chi connectivity index (χ4n) is 5.09. The molecule has 1 amide bonds. The average Bonchev–Trinajstić information content (AvgIpc) is 3.52. The summed E-state index contributed by atoms with van der Waals surface area (Å²) < 4.78 is 48.4. The number of hydrogen-bond donors (Lipinski definition) is 0. The molecule has 3 heterocycles. The lowest BCUT2D eigenvalue weighted by Gasteiger charge is -2.33. The molecule has 0 N–H and O–H groups in total. The van der Waals surface area contributed by atoms with Crippen LogP contribution in [0.2, 0.25) is 0 Å². The second-order valence-corrected chi connectivity index (χ2v) is 12.5. The Labute approximate surface area is 214 Å². The van der Waals surface area contributed by atoms with E-state index in [0.29, 0.717) is 31.1 Å². The molecule has 1 aromatic heterocycles. The van der Waals surface area contributed by atoms with Gasteiger partial charge in [0.25, 0.3) is 0 Å². The number of thiazole rings is 1. The van der Waals surface area contributed by atoms with Crippen molar-refractivity contribution >= 4 is 42.6 Å². The second-order valence-electron chi connectivity index (χ2n) is 9.62. The number of piperidine rings is 1. The van der Waals surface area contributed by atoms with Crippen LogP contribution < -0.4 is 4.90 Å². The fraction of sp³-hybridized carbons (Fsp3) is 0.462. The van der Waals surface area contributed by atoms with Crippen molar-refractivity contribution < 1.29 is 22.3 Å². The normalized spacial score (nSPS) is 19.7. The lowest BCUT2D eigenvalue weighted by Crippen LogP contribution is -2.46. The Balaban J connectivity index is 1.36. The molecule has 3 aromatic rings. The molecule has 0 aliphatic carbocycles. The van der Waals surface area contributed by atoms with Gasteiger partial charge in [-0.3, -0.25) is 9.69 Å². The highest BCUT2D eigenvalue weighted by Gasteiger charge is 2.37. The van der Waals surface area contributed by atoms with Crippen molar-refractivity contribution in [2.24, 2.45) is 5.92 Å². The summed E-state index contributed by atoms with van der Waals surface area (Å²) >= 11 is 1.51. The van der Waals surface area contributed by atoms with Gasteiger partial charge in [-0.15, -0.1) is 0 Å². The van der Waals surface area contributed by atoms with Crippen molar-refractivity contribution in [2.45, 2.75) is 50.5 Å². The highest BCUT2D eigenvalue weighted by atomic mass is 32.2. The average molecular weight is 532 g/mol. The number of aromatic nitrogens is 1. The second kappa shape index (κ2) is 10.2. The lowest BCUT2D eigenvalue weighted by atomic mass is 9.96. The summed E-state index contributed by atoms with van der Waals surface area (Å²) in [6, 6.07) is 9.55. The highest BCUT2D eigenvalue weighted by molar-refractivity contribution is 7.89. The van der Waals surface area contributed by atoms with Crippen LogP contribution in [0.4, 0.5) is 9.52 Å². The molecule has 1 atom stereocenters. The predicted molar refractivity (Wildman–Crippen MR) is 138 cm³/mol. The molecule has 0 radical (unpaired) electrons. The number of ether oxygens (including phenoxy) is 1. The van der Waals surface area contributed by atoms with Gasteiger partial charge in [0.15, 0.2) is 5.13 Å². The maximum absolute atomic E-state index is 14.2. The first-order chi connectivity index (χ1) is 17.2. The monoisotopic (exact) mass is 531 g/mol. The number of halogens is 1. The molecule has 0 saturated carbocycles. The third-order valence-electron chi connectivity index (χ3n) is 6.97. The van der Waals surface area contributed by atoms with E-state index in [4.69, 9.17) is 9.72 Å². The van der Waals surface area contributed by atoms with Crippen LogP contribution in [0.1, 0.15) is 36.8 Å². The molecule has 36 heavy (non-hydrogen) atoms. The highest BCUT2D eigenvalue weighted by Crippen LogP contribution is 2.35. The van der Waals surface area contributed by atoms with E-state index in [9.17, 15) is 17.6 Å². The first kappa shape index (κ1) is 25.3. The van der Waals surface area contributed by atoms with Crippen LogP contribution in [-0.2, 0) is 19.6 Å². The number of carbonyl (C=O) groups excluding carboxylic acids is 1. The van der Waals surface area contributed by atoms with Gasteiger partial charge in [-0.25, -0.2) is 17.8 Å². The first-order valence-electron chi connectivity index (χ1n) is 12.3. The third kappa shape index (κ3) is 4.91. The van der Waals surface area contributed by atoms with E-state index in [-0.39, 0.29) is 35.9 Å². The molecule has 2 aliphatic rings. The quantitative estimate of drug-likeness (QED) is 0.462. The largest absolute Gasteiger partial charge is 0.376 e. The lowest BCUT2D eigenvalue weighted by molar-refractivity contribution is -0.123. The SMILES string of the molecule is Cc1cc(C)c2sc(N(CC3CCCO3)C(=O)C3CCN(S(=O)(=O)c4ccccc4F)CC3)nc2c1. The van der Waals surface area contributed by atoms with Crippen molar-refractivity contribution in [1.29, 1.82) is 0 Å². The number of sulfonamides is 1. The van der Waals surface area contributed by atoms with E-state index in [1.807, 2.05) is 13.0 Å². The van der Waals surface area contributed by atoms with E-state index >= 15 is 0 Å². The number of rotatable bonds is 6. The maximum Gasteiger partial charge on any atom is 0.245 e. The molecule has 2 saturated heterocycles. The maximum atomic E-state index is 14.2. The van der Waals surface area contributed by atoms with Gasteiger partial charge in [0.1, 0.15) is 10.7 Å². The van der Waals surface area contributed by atoms with Crippen LogP contribution in [-0.4, -0.2) is 56.0 Å². The predicted octanol–water partition coefficient (Wildman–Crippen LogP) is 4.67. The van der Waals surface area contributed by atoms with Gasteiger partial charge < -0.3 is 4.74 Å². The van der Waals surface area contributed by atoms with Gasteiger partial charge >= 0.3 is 0 Å². The molecular formula is C26H30FN3O4S2. The third-order valence-corrected chi connectivity index (χ3v) is 10.1. The van der Waals surface area contributed by atoms with E-state index in [0.717, 1.165) is 40.3 Å². The molecule has 10 heteroatoms. The number of aryl methyl sites for hydroxylation is 2. The Bertz CT molecular complexity index is 1380. The van der Waals surface area contributed by atoms with Gasteiger partial charge in [0.2, 0.25) is 15.9 Å². The number of anilines is 1. The minimum Gasteiger partial charge on any atom is -0.376 e. The molecule has 7 nitrogen and oxygen atoms in total. The van der Waals surface area contributed by atoms with Crippen molar-refractivity contribution in [1.82, 2.24) is 9.29 Å². The zero-order valence-electron chi connectivity index (χ0n) is 20.4. The van der Waals surface area contributed by atoms with Gasteiger partial charge in [0.05, 0.1) is 22.9 Å². The number of amides is 1. The molecule has 192 valence electrons. The number of hydrogen-bond acceptors (Lipinski definition) is 6. The summed E-state index contributed by atoms with van der Waals surface area (Å²) in [7, 11) is -3.96. The van der Waals surface area contributed by atoms with Crippen molar-refractivity contribution in [3.8, 4) is 0 Å². The van der Waals surface area contributed by atoms with E-state index < -0.39 is 15.8 Å². The Kier molecular flexibility index (Phi) is 7.13. The van der Waals surface area contributed by atoms with Gasteiger partial charge in [-0.05, 0) is 68.9 Å². The fourth-order valence-corrected chi connectivity index (χ4v) is 7.66. The molecule has 2 aromatic carbocycles. The Morgan fingerprint density at radius 1 is 1.19 bits per heavy atom. The topological polar surface area (TPSA) is 79.8 Å². The van der Waals surface area contributed by atoms with E-state index in [1.54, 1.807) is 4.90 Å². The Hall–Kier alpha value is -2.40. The zero-order chi connectivity index (χ0) is 25.4. The minimum absolute atomic E-state index is 0.0367. The molecule has 0 bridgehead atoms. The molecule has 2 aliphatic heterocycles. The number of nitrogens with zero attached hydrogens (tertiary/aromatic N) is 3. The molecule has 1 unspecified atom stereocenters. The molecular weight excluding hydrogens is 501 g/mol. The van der Waals surface area contributed by atoms with Crippen LogP contribution in [0.3, 0.4) is 0 Å². The number of fused-ring (bicyclic) bond motifs is 1. The summed E-state index contributed by atoms with van der Waals surface area (Å²) in [5.41, 5.74) is 3.13. The molecule has 5 rings (SSSR count). The summed E-state index contributed by atoms with van der Waals surface area (Å²) in [6.07, 6.45) is 2.57. The van der Waals surface area contributed by atoms with Crippen LogP contribution >= 0.6 is 11.3 Å². The summed E-state index contributed by atoms with van der Waals surface area (Å²) in [6.45, 7) is 5.54. The van der Waals surface area contributed by atoms with Crippen molar-refractivity contribution in [3.63, 3.8) is 0 Å². The van der Waals surface area contributed by atoms with Crippen LogP contribution in [0.25, 0.3) is 10.2 Å². The molecule has 2 fully saturated rings. The van der Waals surface area contributed by atoms with E-state index in [2.05, 4.69) is 13.0 Å². The number of benzene rings is 2. The van der Waals surface area contributed by atoms with Crippen LogP contribution in [0, 0.1) is 25.6 Å². The van der Waals surface area contributed by atoms with Gasteiger partial charge in [-0.2, -0.15) is 4.31 Å². The number of carbonyl (C=O) groups is 1. The standard InChI is InChI=1S/C26H30FN3O4S2/c1-17-14-18(2)24-22(15-17)28-26(35-24)30(16-20-6-5-13-34-20)25(31)19-9-11-29(12-10-19)36(32,33)23-8-4-3-7-21(23)27/h3-4,7-8,14-15,19-20H,5-6,9-13,16H2,1-2H3. The van der Waals surface area contributed by atoms with Crippen molar-refractivity contribution in [2.75, 3.05) is 31.1 Å². The Morgan fingerprint density at radius 2 is 1.94 bits per heavy atom. The van der Waals surface area contributed by atoms with Gasteiger partial charge in [-0.1, -0.05) is 29.5 Å². The summed E-state index contributed by atoms with van der Waals surface area (Å²) in [5, 5.41) is 0.653. The zero-order valence-corrected chi connectivity index (χ0v) is 22.1. The minimum atomic E-state index is -3.96. The first-order valence-corrected chi connectivity index (χ1v) is 14.5. The molecule has 0 spiro atoms. The van der Waals surface area contributed by atoms with Crippen LogP contribution in [0.15, 0.2) is 41.3 Å². The Morgan fingerprint density at radius 3 is 2.64 bits per heavy atom. The van der Waals surface area contributed by atoms with Crippen molar-refractivity contribution in [3.05, 3.63) is 53.3 Å². The summed E-state index contributed by atoms with van der Waals surface area (Å²) in [4.78, 5) is 20.0.